The molecular formula is C15H27NO2. The van der Waals surface area contributed by atoms with Crippen LogP contribution in [0, 0.1) is 11.8 Å². The van der Waals surface area contributed by atoms with Crippen LogP contribution in [-0.2, 0) is 9.47 Å². The maximum absolute atomic E-state index is 5.98. The zero-order chi connectivity index (χ0) is 12.4. The molecule has 3 heteroatoms. The summed E-state index contributed by atoms with van der Waals surface area (Å²) in [5.74, 6) is 1.86. The highest BCUT2D eigenvalue weighted by molar-refractivity contribution is 4.93. The van der Waals surface area contributed by atoms with Gasteiger partial charge in [0.1, 0.15) is 0 Å². The van der Waals surface area contributed by atoms with Crippen LogP contribution in [0.4, 0.5) is 0 Å². The van der Waals surface area contributed by atoms with Gasteiger partial charge in [0, 0.05) is 25.7 Å². The van der Waals surface area contributed by atoms with Crippen molar-refractivity contribution in [1.29, 1.82) is 0 Å². The summed E-state index contributed by atoms with van der Waals surface area (Å²) in [4.78, 5) is 0. The molecule has 0 bridgehead atoms. The van der Waals surface area contributed by atoms with Crippen LogP contribution in [-0.4, -0.2) is 38.0 Å². The second-order valence-electron chi connectivity index (χ2n) is 6.72. The Labute approximate surface area is 111 Å². The average molecular weight is 253 g/mol. The van der Waals surface area contributed by atoms with E-state index in [0.29, 0.717) is 6.04 Å². The fourth-order valence-electron chi connectivity index (χ4n) is 3.91. The number of ether oxygens (including phenoxy) is 2. The van der Waals surface area contributed by atoms with Crippen LogP contribution in [0.2, 0.25) is 0 Å². The predicted octanol–water partition coefficient (Wildman–Crippen LogP) is 2.35. The van der Waals surface area contributed by atoms with Gasteiger partial charge in [0.05, 0.1) is 12.2 Å². The summed E-state index contributed by atoms with van der Waals surface area (Å²) in [5, 5.41) is 3.80. The van der Waals surface area contributed by atoms with E-state index in [-0.39, 0.29) is 5.60 Å². The highest BCUT2D eigenvalue weighted by Crippen LogP contribution is 2.34. The molecule has 1 N–H and O–H groups in total. The molecular weight excluding hydrogens is 226 g/mol. The molecule has 0 aromatic carbocycles. The summed E-state index contributed by atoms with van der Waals surface area (Å²) in [7, 11) is 0. The SMILES string of the molecule is CC1CCC(CNC2CCOC3(CCOC3)C2)C1. The van der Waals surface area contributed by atoms with Crippen LogP contribution in [0.25, 0.3) is 0 Å². The lowest BCUT2D eigenvalue weighted by molar-refractivity contribution is -0.0895. The van der Waals surface area contributed by atoms with E-state index in [1.807, 2.05) is 0 Å². The molecule has 1 aliphatic carbocycles. The lowest BCUT2D eigenvalue weighted by Gasteiger charge is -2.37. The van der Waals surface area contributed by atoms with E-state index < -0.39 is 0 Å². The second kappa shape index (κ2) is 5.48. The van der Waals surface area contributed by atoms with Crippen LogP contribution < -0.4 is 5.32 Å². The van der Waals surface area contributed by atoms with Gasteiger partial charge < -0.3 is 14.8 Å². The zero-order valence-corrected chi connectivity index (χ0v) is 11.6. The van der Waals surface area contributed by atoms with Gasteiger partial charge in [0.15, 0.2) is 0 Å². The van der Waals surface area contributed by atoms with Crippen molar-refractivity contribution in [2.75, 3.05) is 26.4 Å². The molecule has 0 amide bonds. The topological polar surface area (TPSA) is 30.5 Å². The number of hydrogen-bond acceptors (Lipinski definition) is 3. The van der Waals surface area contributed by atoms with E-state index in [4.69, 9.17) is 9.47 Å². The first kappa shape index (κ1) is 12.9. The molecule has 3 fully saturated rings. The highest BCUT2D eigenvalue weighted by atomic mass is 16.6. The van der Waals surface area contributed by atoms with Crippen molar-refractivity contribution in [3.63, 3.8) is 0 Å². The molecule has 3 rings (SSSR count). The second-order valence-corrected chi connectivity index (χ2v) is 6.72. The summed E-state index contributed by atoms with van der Waals surface area (Å²) < 4.78 is 11.5. The van der Waals surface area contributed by atoms with Crippen molar-refractivity contribution in [2.24, 2.45) is 11.8 Å². The first-order chi connectivity index (χ1) is 8.76. The molecule has 1 saturated carbocycles. The van der Waals surface area contributed by atoms with Crippen molar-refractivity contribution in [3.8, 4) is 0 Å². The van der Waals surface area contributed by atoms with E-state index >= 15 is 0 Å². The average Bonchev–Trinajstić information content (AvgIpc) is 2.97. The molecule has 0 aromatic rings. The molecule has 3 nitrogen and oxygen atoms in total. The molecule has 2 saturated heterocycles. The zero-order valence-electron chi connectivity index (χ0n) is 11.6. The molecule has 1 spiro atoms. The molecule has 2 heterocycles. The molecule has 4 unspecified atom stereocenters. The van der Waals surface area contributed by atoms with E-state index in [9.17, 15) is 0 Å². The molecule has 18 heavy (non-hydrogen) atoms. The third-order valence-electron chi connectivity index (χ3n) is 5.06. The van der Waals surface area contributed by atoms with Gasteiger partial charge >= 0.3 is 0 Å². The van der Waals surface area contributed by atoms with Crippen molar-refractivity contribution >= 4 is 0 Å². The van der Waals surface area contributed by atoms with E-state index in [2.05, 4.69) is 12.2 Å². The van der Waals surface area contributed by atoms with Crippen molar-refractivity contribution < 1.29 is 9.47 Å². The first-order valence-electron chi connectivity index (χ1n) is 7.71. The minimum absolute atomic E-state index is 0.0544. The maximum atomic E-state index is 5.98. The van der Waals surface area contributed by atoms with Crippen molar-refractivity contribution in [1.82, 2.24) is 5.32 Å². The lowest BCUT2D eigenvalue weighted by atomic mass is 9.89. The molecule has 2 aliphatic heterocycles. The first-order valence-corrected chi connectivity index (χ1v) is 7.71. The number of rotatable bonds is 3. The standard InChI is InChI=1S/C15H27NO2/c1-12-2-3-13(8-12)10-16-14-4-6-18-15(9-14)5-7-17-11-15/h12-14,16H,2-11H2,1H3. The fourth-order valence-corrected chi connectivity index (χ4v) is 3.91. The maximum Gasteiger partial charge on any atom is 0.0951 e. The van der Waals surface area contributed by atoms with Gasteiger partial charge in [-0.3, -0.25) is 0 Å². The van der Waals surface area contributed by atoms with Crippen LogP contribution >= 0.6 is 0 Å². The summed E-state index contributed by atoms with van der Waals surface area (Å²) in [5.41, 5.74) is 0.0544. The van der Waals surface area contributed by atoms with Crippen molar-refractivity contribution in [2.45, 2.75) is 57.1 Å². The number of hydrogen-bond donors (Lipinski definition) is 1. The summed E-state index contributed by atoms with van der Waals surface area (Å²) in [6.07, 6.45) is 7.68. The van der Waals surface area contributed by atoms with Gasteiger partial charge in [-0.1, -0.05) is 13.3 Å². The largest absolute Gasteiger partial charge is 0.378 e. The molecule has 0 aromatic heterocycles. The fraction of sp³-hybridized carbons (Fsp3) is 1.00. The number of nitrogens with one attached hydrogen (secondary N) is 1. The van der Waals surface area contributed by atoms with Gasteiger partial charge in [0.2, 0.25) is 0 Å². The minimum atomic E-state index is 0.0544. The molecule has 3 aliphatic rings. The monoisotopic (exact) mass is 253 g/mol. The Balaban J connectivity index is 1.45. The van der Waals surface area contributed by atoms with Crippen LogP contribution in [0.15, 0.2) is 0 Å². The van der Waals surface area contributed by atoms with Crippen molar-refractivity contribution in [3.05, 3.63) is 0 Å². The smallest absolute Gasteiger partial charge is 0.0951 e. The summed E-state index contributed by atoms with van der Waals surface area (Å²) in [6.45, 7) is 6.20. The Morgan fingerprint density at radius 2 is 2.17 bits per heavy atom. The van der Waals surface area contributed by atoms with E-state index in [1.54, 1.807) is 0 Å². The Kier molecular flexibility index (Phi) is 3.92. The normalized spacial score (nSPS) is 44.8. The van der Waals surface area contributed by atoms with Gasteiger partial charge in [-0.2, -0.15) is 0 Å². The van der Waals surface area contributed by atoms with Gasteiger partial charge in [0.25, 0.3) is 0 Å². The Hall–Kier alpha value is -0.120. The quantitative estimate of drug-likeness (QED) is 0.837. The molecule has 104 valence electrons. The third kappa shape index (κ3) is 2.89. The Morgan fingerprint density at radius 3 is 2.89 bits per heavy atom. The minimum Gasteiger partial charge on any atom is -0.378 e. The van der Waals surface area contributed by atoms with Crippen LogP contribution in [0.3, 0.4) is 0 Å². The lowest BCUT2D eigenvalue weighted by Crippen LogP contribution is -2.48. The van der Waals surface area contributed by atoms with Gasteiger partial charge in [-0.15, -0.1) is 0 Å². The summed E-state index contributed by atoms with van der Waals surface area (Å²) in [6, 6.07) is 0.649. The van der Waals surface area contributed by atoms with Crippen LogP contribution in [0.5, 0.6) is 0 Å². The molecule has 4 atom stereocenters. The Bertz CT molecular complexity index is 276. The summed E-state index contributed by atoms with van der Waals surface area (Å²) >= 11 is 0. The van der Waals surface area contributed by atoms with E-state index in [1.165, 1.54) is 32.2 Å². The predicted molar refractivity (Wildman–Crippen MR) is 71.6 cm³/mol. The highest BCUT2D eigenvalue weighted by Gasteiger charge is 2.41. The third-order valence-corrected chi connectivity index (χ3v) is 5.06. The van der Waals surface area contributed by atoms with E-state index in [0.717, 1.165) is 44.5 Å². The molecule has 0 radical (unpaired) electrons. The van der Waals surface area contributed by atoms with Gasteiger partial charge in [-0.25, -0.2) is 0 Å². The van der Waals surface area contributed by atoms with Crippen LogP contribution in [0.1, 0.15) is 45.4 Å². The Morgan fingerprint density at radius 1 is 1.22 bits per heavy atom. The van der Waals surface area contributed by atoms with Gasteiger partial charge in [-0.05, 0) is 44.1 Å².